The largest absolute Gasteiger partial charge is 0.478 e. The van der Waals surface area contributed by atoms with Crippen LogP contribution in [0.5, 0.6) is 0 Å². The maximum Gasteiger partial charge on any atom is 0.337 e. The highest BCUT2D eigenvalue weighted by Crippen LogP contribution is 2.27. The summed E-state index contributed by atoms with van der Waals surface area (Å²) in [6.07, 6.45) is 2.61. The summed E-state index contributed by atoms with van der Waals surface area (Å²) in [6.45, 7) is 3.76. The predicted octanol–water partition coefficient (Wildman–Crippen LogP) is 2.09. The van der Waals surface area contributed by atoms with Crippen molar-refractivity contribution < 1.29 is 23.1 Å². The van der Waals surface area contributed by atoms with Crippen LogP contribution >= 0.6 is 0 Å². The molecule has 0 bridgehead atoms. The van der Waals surface area contributed by atoms with Crippen molar-refractivity contribution in [3.8, 4) is 11.4 Å². The first-order chi connectivity index (χ1) is 14.2. The summed E-state index contributed by atoms with van der Waals surface area (Å²) < 4.78 is 29.3. The highest BCUT2D eigenvalue weighted by atomic mass is 32.2. The lowest BCUT2D eigenvalue weighted by atomic mass is 10.1. The van der Waals surface area contributed by atoms with Crippen LogP contribution in [-0.2, 0) is 20.3 Å². The number of H-pyrrole nitrogens is 1. The van der Waals surface area contributed by atoms with E-state index in [1.54, 1.807) is 24.3 Å². The van der Waals surface area contributed by atoms with Crippen molar-refractivity contribution >= 4 is 32.5 Å². The van der Waals surface area contributed by atoms with E-state index in [1.807, 2.05) is 6.92 Å². The van der Waals surface area contributed by atoms with Crippen LogP contribution < -0.4 is 4.90 Å². The van der Waals surface area contributed by atoms with Gasteiger partial charge in [-0.25, -0.2) is 23.2 Å². The van der Waals surface area contributed by atoms with Gasteiger partial charge in [0.05, 0.1) is 36.3 Å². The van der Waals surface area contributed by atoms with Crippen LogP contribution in [0.2, 0.25) is 0 Å². The SMILES string of the molecule is C[C@H]1COCCN1c1cc(CS(C)(=O)=O)nc(-c2ccc3[nH]cc(C(=O)O)c3c2)n1. The standard InChI is InChI=1S/C20H22N4O5S/c1-12-10-29-6-5-24(12)18-8-14(11-30(2,27)28)22-19(23-18)13-3-4-17-15(7-13)16(9-21-17)20(25)26/h3-4,7-9,12,21H,5-6,10-11H2,1-2H3,(H,25,26)/t12-/m0/s1. The fourth-order valence-corrected chi connectivity index (χ4v) is 4.29. The number of aromatic amines is 1. The number of sulfone groups is 1. The minimum Gasteiger partial charge on any atom is -0.478 e. The number of benzene rings is 1. The number of carboxylic acid groups (broad SMARTS) is 1. The summed E-state index contributed by atoms with van der Waals surface area (Å²) in [5, 5.41) is 9.95. The van der Waals surface area contributed by atoms with Gasteiger partial charge in [-0.3, -0.25) is 0 Å². The molecule has 4 rings (SSSR count). The Morgan fingerprint density at radius 3 is 2.83 bits per heavy atom. The molecule has 2 aromatic heterocycles. The molecule has 3 aromatic rings. The van der Waals surface area contributed by atoms with E-state index in [0.29, 0.717) is 53.6 Å². The number of anilines is 1. The third-order valence-electron chi connectivity index (χ3n) is 5.01. The first-order valence-corrected chi connectivity index (χ1v) is 11.5. The van der Waals surface area contributed by atoms with Crippen LogP contribution in [0.1, 0.15) is 23.0 Å². The summed E-state index contributed by atoms with van der Waals surface area (Å²) >= 11 is 0. The van der Waals surface area contributed by atoms with Gasteiger partial charge in [0.15, 0.2) is 15.7 Å². The summed E-state index contributed by atoms with van der Waals surface area (Å²) in [4.78, 5) is 25.6. The fourth-order valence-electron chi connectivity index (χ4n) is 3.61. The van der Waals surface area contributed by atoms with E-state index < -0.39 is 15.8 Å². The van der Waals surface area contributed by atoms with E-state index in [0.717, 1.165) is 6.26 Å². The van der Waals surface area contributed by atoms with Gasteiger partial charge < -0.3 is 19.7 Å². The van der Waals surface area contributed by atoms with Crippen LogP contribution in [0.4, 0.5) is 5.82 Å². The lowest BCUT2D eigenvalue weighted by molar-refractivity contribution is 0.0699. The molecule has 0 spiro atoms. The average molecular weight is 430 g/mol. The first kappa shape index (κ1) is 20.3. The zero-order chi connectivity index (χ0) is 21.5. The number of rotatable bonds is 5. The highest BCUT2D eigenvalue weighted by molar-refractivity contribution is 7.89. The van der Waals surface area contributed by atoms with E-state index in [2.05, 4.69) is 19.9 Å². The van der Waals surface area contributed by atoms with Crippen molar-refractivity contribution in [2.24, 2.45) is 0 Å². The van der Waals surface area contributed by atoms with Gasteiger partial charge in [-0.15, -0.1) is 0 Å². The number of hydrogen-bond donors (Lipinski definition) is 2. The summed E-state index contributed by atoms with van der Waals surface area (Å²) in [7, 11) is -3.30. The van der Waals surface area contributed by atoms with Crippen molar-refractivity contribution in [2.75, 3.05) is 30.9 Å². The Balaban J connectivity index is 1.84. The molecule has 0 aliphatic carbocycles. The van der Waals surface area contributed by atoms with E-state index in [-0.39, 0.29) is 17.4 Å². The summed E-state index contributed by atoms with van der Waals surface area (Å²) in [5.41, 5.74) is 1.84. The highest BCUT2D eigenvalue weighted by Gasteiger charge is 2.23. The number of aromatic nitrogens is 3. The fraction of sp³-hybridized carbons (Fsp3) is 0.350. The van der Waals surface area contributed by atoms with Gasteiger partial charge in [0, 0.05) is 41.5 Å². The van der Waals surface area contributed by atoms with E-state index in [4.69, 9.17) is 4.74 Å². The number of nitrogens with one attached hydrogen (secondary N) is 1. The van der Waals surface area contributed by atoms with Crippen molar-refractivity contribution in [3.05, 3.63) is 41.7 Å². The van der Waals surface area contributed by atoms with Gasteiger partial charge in [0.25, 0.3) is 0 Å². The third kappa shape index (κ3) is 4.14. The summed E-state index contributed by atoms with van der Waals surface area (Å²) in [5.74, 6) is -0.264. The number of carboxylic acids is 1. The molecule has 10 heteroatoms. The molecule has 30 heavy (non-hydrogen) atoms. The number of hydrogen-bond acceptors (Lipinski definition) is 7. The van der Waals surface area contributed by atoms with E-state index >= 15 is 0 Å². The van der Waals surface area contributed by atoms with Crippen molar-refractivity contribution in [1.82, 2.24) is 15.0 Å². The molecule has 0 saturated carbocycles. The topological polar surface area (TPSA) is 125 Å². The van der Waals surface area contributed by atoms with Crippen LogP contribution in [0.25, 0.3) is 22.3 Å². The molecule has 3 heterocycles. The third-order valence-corrected chi connectivity index (χ3v) is 5.83. The molecule has 0 radical (unpaired) electrons. The maximum absolute atomic E-state index is 11.9. The molecule has 1 aliphatic rings. The molecule has 1 aromatic carbocycles. The van der Waals surface area contributed by atoms with Gasteiger partial charge in [-0.2, -0.15) is 0 Å². The number of nitrogens with zero attached hydrogens (tertiary/aromatic N) is 3. The zero-order valence-electron chi connectivity index (χ0n) is 16.6. The Morgan fingerprint density at radius 1 is 1.33 bits per heavy atom. The normalized spacial score (nSPS) is 17.4. The van der Waals surface area contributed by atoms with Crippen molar-refractivity contribution in [3.63, 3.8) is 0 Å². The second-order valence-electron chi connectivity index (χ2n) is 7.50. The molecule has 0 unspecified atom stereocenters. The van der Waals surface area contributed by atoms with Crippen molar-refractivity contribution in [1.29, 1.82) is 0 Å². The molecule has 9 nitrogen and oxygen atoms in total. The van der Waals surface area contributed by atoms with Gasteiger partial charge in [-0.1, -0.05) is 0 Å². The van der Waals surface area contributed by atoms with Gasteiger partial charge in [0.1, 0.15) is 5.82 Å². The molecule has 1 fully saturated rings. The minimum absolute atomic E-state index is 0.0818. The smallest absolute Gasteiger partial charge is 0.337 e. The monoisotopic (exact) mass is 430 g/mol. The lowest BCUT2D eigenvalue weighted by Gasteiger charge is -2.34. The van der Waals surface area contributed by atoms with Gasteiger partial charge in [-0.05, 0) is 25.1 Å². The second-order valence-corrected chi connectivity index (χ2v) is 9.64. The molecule has 1 saturated heterocycles. The molecular formula is C20H22N4O5S. The lowest BCUT2D eigenvalue weighted by Crippen LogP contribution is -2.44. The Bertz CT molecular complexity index is 1220. The van der Waals surface area contributed by atoms with Crippen LogP contribution in [0.15, 0.2) is 30.5 Å². The molecule has 2 N–H and O–H groups in total. The number of fused-ring (bicyclic) bond motifs is 1. The number of carbonyl (C=O) groups is 1. The molecule has 0 amide bonds. The number of morpholine rings is 1. The zero-order valence-corrected chi connectivity index (χ0v) is 17.4. The van der Waals surface area contributed by atoms with Crippen LogP contribution in [-0.4, -0.2) is 66.5 Å². The van der Waals surface area contributed by atoms with Gasteiger partial charge in [0.2, 0.25) is 0 Å². The average Bonchev–Trinajstić information content (AvgIpc) is 3.10. The Labute approximate surface area is 173 Å². The molecular weight excluding hydrogens is 408 g/mol. The molecule has 1 aliphatic heterocycles. The Morgan fingerprint density at radius 2 is 2.13 bits per heavy atom. The van der Waals surface area contributed by atoms with Crippen molar-refractivity contribution in [2.45, 2.75) is 18.7 Å². The molecule has 1 atom stereocenters. The second kappa shape index (κ2) is 7.69. The first-order valence-electron chi connectivity index (χ1n) is 9.46. The Kier molecular flexibility index (Phi) is 5.20. The minimum atomic E-state index is -3.30. The number of aromatic carboxylic acids is 1. The molecule has 158 valence electrons. The van der Waals surface area contributed by atoms with E-state index in [9.17, 15) is 18.3 Å². The summed E-state index contributed by atoms with van der Waals surface area (Å²) in [6, 6.07) is 7.04. The van der Waals surface area contributed by atoms with Gasteiger partial charge >= 0.3 is 5.97 Å². The van der Waals surface area contributed by atoms with Crippen LogP contribution in [0.3, 0.4) is 0 Å². The number of ether oxygens (including phenoxy) is 1. The predicted molar refractivity (Wildman–Crippen MR) is 112 cm³/mol. The van der Waals surface area contributed by atoms with Crippen LogP contribution in [0, 0.1) is 0 Å². The maximum atomic E-state index is 11.9. The quantitative estimate of drug-likeness (QED) is 0.630. The Hall–Kier alpha value is -2.98. The van der Waals surface area contributed by atoms with E-state index in [1.165, 1.54) is 6.20 Å².